The fourth-order valence-electron chi connectivity index (χ4n) is 4.16. The van der Waals surface area contributed by atoms with Crippen LogP contribution in [0.1, 0.15) is 27.9 Å². The number of aromatic nitrogens is 2. The first-order valence-electron chi connectivity index (χ1n) is 11.4. The van der Waals surface area contributed by atoms with Gasteiger partial charge < -0.3 is 14.8 Å². The predicted octanol–water partition coefficient (Wildman–Crippen LogP) is 4.53. The Morgan fingerprint density at radius 2 is 1.85 bits per heavy atom. The third kappa shape index (κ3) is 5.83. The average Bonchev–Trinajstić information content (AvgIpc) is 2.81. The normalized spacial score (nSPS) is 13.9. The number of amides is 1. The summed E-state index contributed by atoms with van der Waals surface area (Å²) >= 11 is 7.48. The number of aryl methyl sites for hydroxylation is 3. The quantitative estimate of drug-likeness (QED) is 0.401. The van der Waals surface area contributed by atoms with E-state index in [0.29, 0.717) is 40.3 Å². The van der Waals surface area contributed by atoms with Crippen LogP contribution in [0.4, 0.5) is 5.69 Å². The maximum atomic E-state index is 13.0. The van der Waals surface area contributed by atoms with Crippen molar-refractivity contribution in [3.63, 3.8) is 0 Å². The van der Waals surface area contributed by atoms with Crippen molar-refractivity contribution in [1.82, 2.24) is 14.9 Å². The van der Waals surface area contributed by atoms with Gasteiger partial charge in [-0.25, -0.2) is 4.98 Å². The van der Waals surface area contributed by atoms with E-state index in [1.165, 1.54) is 28.6 Å². The lowest BCUT2D eigenvalue weighted by Gasteiger charge is -2.37. The summed E-state index contributed by atoms with van der Waals surface area (Å²) < 4.78 is 0. The van der Waals surface area contributed by atoms with Crippen LogP contribution in [0.3, 0.4) is 0 Å². The lowest BCUT2D eigenvalue weighted by Crippen LogP contribution is -2.49. The molecule has 0 radical (unpaired) electrons. The van der Waals surface area contributed by atoms with E-state index >= 15 is 0 Å². The lowest BCUT2D eigenvalue weighted by molar-refractivity contribution is -0.130. The molecule has 0 atom stereocenters. The van der Waals surface area contributed by atoms with Crippen molar-refractivity contribution < 1.29 is 4.79 Å². The molecule has 1 aromatic heterocycles. The SMILES string of the molecule is Cc1ccc(C)c(N2CCN(C(=O)Cc3c(C)nc(SCc4cccc(Cl)c4)[nH]c3=O)CC2)c1. The van der Waals surface area contributed by atoms with Crippen molar-refractivity contribution >= 4 is 35.0 Å². The van der Waals surface area contributed by atoms with Crippen LogP contribution in [0.15, 0.2) is 52.4 Å². The highest BCUT2D eigenvalue weighted by molar-refractivity contribution is 7.98. The van der Waals surface area contributed by atoms with Crippen molar-refractivity contribution in [2.45, 2.75) is 38.1 Å². The summed E-state index contributed by atoms with van der Waals surface area (Å²) in [5, 5.41) is 1.22. The minimum atomic E-state index is -0.247. The molecule has 1 fully saturated rings. The van der Waals surface area contributed by atoms with E-state index in [9.17, 15) is 9.59 Å². The third-order valence-corrected chi connectivity index (χ3v) is 7.31. The van der Waals surface area contributed by atoms with Crippen LogP contribution in [0.25, 0.3) is 0 Å². The Labute approximate surface area is 209 Å². The zero-order chi connectivity index (χ0) is 24.2. The van der Waals surface area contributed by atoms with Crippen molar-refractivity contribution in [2.24, 2.45) is 0 Å². The van der Waals surface area contributed by atoms with Gasteiger partial charge in [0.25, 0.3) is 5.56 Å². The van der Waals surface area contributed by atoms with Gasteiger partial charge in [-0.3, -0.25) is 9.59 Å². The second-order valence-corrected chi connectivity index (χ2v) is 10.1. The standard InChI is InChI=1S/C26H29ClN4O2S/c1-17-7-8-18(2)23(13-17)30-9-11-31(12-10-30)24(32)15-22-19(3)28-26(29-25(22)33)34-16-20-5-4-6-21(27)14-20/h4-8,13-14H,9-12,15-16H2,1-3H3,(H,28,29,33). The number of hydrogen-bond acceptors (Lipinski definition) is 5. The Morgan fingerprint density at radius 3 is 2.56 bits per heavy atom. The summed E-state index contributed by atoms with van der Waals surface area (Å²) in [5.74, 6) is 0.613. The van der Waals surface area contributed by atoms with E-state index in [2.05, 4.69) is 46.9 Å². The molecule has 0 spiro atoms. The molecule has 1 aliphatic heterocycles. The molecular formula is C26H29ClN4O2S. The number of rotatable bonds is 6. The summed E-state index contributed by atoms with van der Waals surface area (Å²) in [5.41, 5.74) is 5.55. The highest BCUT2D eigenvalue weighted by Crippen LogP contribution is 2.24. The van der Waals surface area contributed by atoms with Gasteiger partial charge in [-0.1, -0.05) is 47.6 Å². The number of nitrogens with one attached hydrogen (secondary N) is 1. The van der Waals surface area contributed by atoms with Gasteiger partial charge >= 0.3 is 0 Å². The van der Waals surface area contributed by atoms with E-state index in [4.69, 9.17) is 11.6 Å². The number of nitrogens with zero attached hydrogens (tertiary/aromatic N) is 3. The summed E-state index contributed by atoms with van der Waals surface area (Å²) in [4.78, 5) is 37.3. The molecule has 6 nitrogen and oxygen atoms in total. The monoisotopic (exact) mass is 496 g/mol. The van der Waals surface area contributed by atoms with Gasteiger partial charge in [-0.05, 0) is 55.7 Å². The van der Waals surface area contributed by atoms with Crippen molar-refractivity contribution in [1.29, 1.82) is 0 Å². The number of aromatic amines is 1. The maximum absolute atomic E-state index is 13.0. The summed E-state index contributed by atoms with van der Waals surface area (Å²) in [7, 11) is 0. The highest BCUT2D eigenvalue weighted by atomic mass is 35.5. The largest absolute Gasteiger partial charge is 0.368 e. The fourth-order valence-corrected chi connectivity index (χ4v) is 5.22. The molecule has 1 saturated heterocycles. The molecule has 0 bridgehead atoms. The van der Waals surface area contributed by atoms with Gasteiger partial charge in [0.2, 0.25) is 5.91 Å². The van der Waals surface area contributed by atoms with Crippen molar-refractivity contribution in [3.05, 3.63) is 85.8 Å². The van der Waals surface area contributed by atoms with Gasteiger partial charge in [-0.2, -0.15) is 0 Å². The van der Waals surface area contributed by atoms with Crippen LogP contribution in [0, 0.1) is 20.8 Å². The molecule has 2 aromatic carbocycles. The van der Waals surface area contributed by atoms with Crippen LogP contribution in [-0.4, -0.2) is 47.0 Å². The number of anilines is 1. The van der Waals surface area contributed by atoms with Crippen LogP contribution in [-0.2, 0) is 17.0 Å². The second kappa shape index (κ2) is 10.7. The Morgan fingerprint density at radius 1 is 1.09 bits per heavy atom. The number of carbonyl (C=O) groups excluding carboxylic acids is 1. The van der Waals surface area contributed by atoms with E-state index in [-0.39, 0.29) is 17.9 Å². The lowest BCUT2D eigenvalue weighted by atomic mass is 10.1. The Balaban J connectivity index is 1.36. The smallest absolute Gasteiger partial charge is 0.255 e. The van der Waals surface area contributed by atoms with E-state index < -0.39 is 0 Å². The number of halogens is 1. The van der Waals surface area contributed by atoms with Crippen LogP contribution < -0.4 is 10.5 Å². The molecule has 2 heterocycles. The van der Waals surface area contributed by atoms with Gasteiger partial charge in [0.15, 0.2) is 5.16 Å². The number of carbonyl (C=O) groups is 1. The van der Waals surface area contributed by atoms with Gasteiger partial charge in [0.05, 0.1) is 6.42 Å². The topological polar surface area (TPSA) is 69.3 Å². The summed E-state index contributed by atoms with van der Waals surface area (Å²) in [6.45, 7) is 8.85. The molecular weight excluding hydrogens is 468 g/mol. The van der Waals surface area contributed by atoms with Gasteiger partial charge in [0, 0.05) is 53.9 Å². The summed E-state index contributed by atoms with van der Waals surface area (Å²) in [6.07, 6.45) is 0.0663. The Bertz CT molecular complexity index is 1250. The average molecular weight is 497 g/mol. The van der Waals surface area contributed by atoms with Crippen molar-refractivity contribution in [3.8, 4) is 0 Å². The first-order valence-corrected chi connectivity index (χ1v) is 12.7. The molecule has 34 heavy (non-hydrogen) atoms. The number of benzene rings is 2. The molecule has 0 aliphatic carbocycles. The number of piperazine rings is 1. The van der Waals surface area contributed by atoms with E-state index in [1.54, 1.807) is 6.92 Å². The highest BCUT2D eigenvalue weighted by Gasteiger charge is 2.24. The van der Waals surface area contributed by atoms with Crippen LogP contribution in [0.5, 0.6) is 0 Å². The molecule has 3 aromatic rings. The number of hydrogen-bond donors (Lipinski definition) is 1. The molecule has 0 saturated carbocycles. The van der Waals surface area contributed by atoms with E-state index in [0.717, 1.165) is 18.7 Å². The van der Waals surface area contributed by atoms with Crippen LogP contribution >= 0.6 is 23.4 Å². The van der Waals surface area contributed by atoms with E-state index in [1.807, 2.05) is 29.2 Å². The molecule has 178 valence electrons. The van der Waals surface area contributed by atoms with Gasteiger partial charge in [-0.15, -0.1) is 0 Å². The Hall–Kier alpha value is -2.77. The molecule has 0 unspecified atom stereocenters. The molecule has 4 rings (SSSR count). The zero-order valence-electron chi connectivity index (χ0n) is 19.7. The molecule has 1 amide bonds. The first-order chi connectivity index (χ1) is 16.3. The predicted molar refractivity (Wildman–Crippen MR) is 139 cm³/mol. The summed E-state index contributed by atoms with van der Waals surface area (Å²) in [6, 6.07) is 14.1. The van der Waals surface area contributed by atoms with Gasteiger partial charge in [0.1, 0.15) is 0 Å². The fraction of sp³-hybridized carbons (Fsp3) is 0.346. The van der Waals surface area contributed by atoms with Crippen LogP contribution in [0.2, 0.25) is 5.02 Å². The minimum absolute atomic E-state index is 0.0321. The molecule has 1 N–H and O–H groups in total. The number of H-pyrrole nitrogens is 1. The Kier molecular flexibility index (Phi) is 7.63. The first kappa shape index (κ1) is 24.4. The zero-order valence-corrected chi connectivity index (χ0v) is 21.3. The minimum Gasteiger partial charge on any atom is -0.368 e. The second-order valence-electron chi connectivity index (χ2n) is 8.69. The van der Waals surface area contributed by atoms with Crippen molar-refractivity contribution in [2.75, 3.05) is 31.1 Å². The molecule has 1 aliphatic rings. The third-order valence-electron chi connectivity index (χ3n) is 6.13. The molecule has 8 heteroatoms. The maximum Gasteiger partial charge on any atom is 0.255 e. The number of thioether (sulfide) groups is 1.